The molecule has 0 unspecified atom stereocenters. The summed E-state index contributed by atoms with van der Waals surface area (Å²) in [6, 6.07) is 0. The highest BCUT2D eigenvalue weighted by Gasteiger charge is 2.76. The molecule has 4 saturated carbocycles. The average molecular weight is 987 g/mol. The number of hydrogen-bond donors (Lipinski definition) is 10. The summed E-state index contributed by atoms with van der Waals surface area (Å²) >= 11 is 0. The van der Waals surface area contributed by atoms with Gasteiger partial charge in [0.05, 0.1) is 56.1 Å². The van der Waals surface area contributed by atoms with E-state index >= 15 is 4.79 Å². The van der Waals surface area contributed by atoms with Gasteiger partial charge in [-0.15, -0.1) is 0 Å². The Hall–Kier alpha value is -1.96. The Morgan fingerprint density at radius 1 is 0.725 bits per heavy atom. The molecule has 10 N–H and O–H groups in total. The first kappa shape index (κ1) is 53.3. The van der Waals surface area contributed by atoms with Crippen molar-refractivity contribution in [1.29, 1.82) is 0 Å². The third-order valence-corrected chi connectivity index (χ3v) is 19.4. The van der Waals surface area contributed by atoms with Crippen LogP contribution in [0.5, 0.6) is 0 Å². The maximum Gasteiger partial charge on any atom is 0.314 e. The molecule has 4 heterocycles. The monoisotopic (exact) mass is 987 g/mol. The third-order valence-electron chi connectivity index (χ3n) is 19.4. The van der Waals surface area contributed by atoms with Gasteiger partial charge in [0, 0.05) is 5.41 Å². The van der Waals surface area contributed by atoms with Crippen LogP contribution in [0.25, 0.3) is 0 Å². The third kappa shape index (κ3) is 8.36. The van der Waals surface area contributed by atoms with Gasteiger partial charge in [0.15, 0.2) is 12.6 Å². The molecule has 4 saturated heterocycles. The lowest BCUT2D eigenvalue weighted by atomic mass is 9.33. The van der Waals surface area contributed by atoms with E-state index in [1.54, 1.807) is 0 Å². The normalized spacial score (nSPS) is 53.5. The number of aliphatic hydroxyl groups excluding tert-OH is 10. The summed E-state index contributed by atoms with van der Waals surface area (Å²) in [5.41, 5.74) is -2.14. The minimum Gasteiger partial charge on any atom is -0.469 e. The van der Waals surface area contributed by atoms with Crippen LogP contribution < -0.4 is 0 Å². The van der Waals surface area contributed by atoms with Crippen molar-refractivity contribution >= 4 is 11.9 Å². The SMILES string of the molecule is C=C(C)[C@@H]1CC[C@]2(C(=O)O[C@@H]3O[C@H](CO[C@@H]4O[C@H](CO)[C@@H](O[C@@H]5O[C@@H](C)[C@H](O)[C@@H](O)[C@H]5O)[C@H](O)[C@H]4O)[C@@H](O)[C@H](O)[C@H]3O)CC[C@]3(C)[C@H](C[C@@H](O)[C@@H]4[C@@]5(C)[C@@H](CC(=O)OC)OC(C)(C)[C@@H]5CC[C@]43C)[C@@H]12. The minimum atomic E-state index is -1.89. The molecule has 4 aliphatic heterocycles. The van der Waals surface area contributed by atoms with E-state index in [4.69, 9.17) is 37.9 Å². The summed E-state index contributed by atoms with van der Waals surface area (Å²) < 4.78 is 46.5. The molecule has 0 aromatic rings. The Bertz CT molecular complexity index is 1900. The standard InChI is InChI=1S/C49H78O20/c1-20(2)22-10-13-49(15-14-46(6)23(30(22)49)16-24(51)40-47(46,7)12-11-27-45(4,5)69-28(48(27,40)8)17-29(52)62-9)44(61)68-43-37(59)34(56)32(54)26(66-43)19-63-41-38(60)35(57)39(25(18-50)65-41)67-42-36(58)33(55)31(53)21(3)64-42/h21-28,30-43,50-51,53-60H,1,10-19H2,2-9H3/t21-,22-,23+,24+,25+,26+,27-,28+,30+,31-,32+,33+,34-,35+,36+,37+,38+,39+,40-,41+,42-,43-,46+,47+,48+,49-/m0/s1. The minimum absolute atomic E-state index is 0.0661. The average Bonchev–Trinajstić information content (AvgIpc) is 3.79. The number of fused-ring (bicyclic) bond motifs is 7. The van der Waals surface area contributed by atoms with E-state index in [0.29, 0.717) is 32.1 Å². The highest BCUT2D eigenvalue weighted by molar-refractivity contribution is 5.78. The van der Waals surface area contributed by atoms with Crippen molar-refractivity contribution in [3.63, 3.8) is 0 Å². The molecule has 0 spiro atoms. The lowest BCUT2D eigenvalue weighted by Gasteiger charge is -2.71. The second-order valence-electron chi connectivity index (χ2n) is 23.1. The van der Waals surface area contributed by atoms with Crippen molar-refractivity contribution in [3.8, 4) is 0 Å². The highest BCUT2D eigenvalue weighted by atomic mass is 16.8. The molecule has 8 aliphatic rings. The predicted octanol–water partition coefficient (Wildman–Crippen LogP) is -0.446. The second-order valence-corrected chi connectivity index (χ2v) is 23.1. The maximum absolute atomic E-state index is 15.0. The summed E-state index contributed by atoms with van der Waals surface area (Å²) in [6.07, 6.45) is -21.7. The van der Waals surface area contributed by atoms with E-state index in [1.165, 1.54) is 14.0 Å². The van der Waals surface area contributed by atoms with Crippen LogP contribution >= 0.6 is 0 Å². The first-order valence-corrected chi connectivity index (χ1v) is 24.8. The van der Waals surface area contributed by atoms with Gasteiger partial charge < -0.3 is 89.0 Å². The van der Waals surface area contributed by atoms with Gasteiger partial charge in [-0.1, -0.05) is 32.9 Å². The lowest BCUT2D eigenvalue weighted by Crippen LogP contribution is -2.69. The van der Waals surface area contributed by atoms with Gasteiger partial charge >= 0.3 is 11.9 Å². The molecule has 69 heavy (non-hydrogen) atoms. The van der Waals surface area contributed by atoms with Gasteiger partial charge in [-0.2, -0.15) is 0 Å². The molecule has 0 bridgehead atoms. The van der Waals surface area contributed by atoms with E-state index in [9.17, 15) is 55.9 Å². The Kier molecular flexibility index (Phi) is 14.7. The first-order valence-electron chi connectivity index (χ1n) is 24.8. The molecule has 20 nitrogen and oxygen atoms in total. The molecular weight excluding hydrogens is 909 g/mol. The van der Waals surface area contributed by atoms with E-state index in [1.807, 2.05) is 6.92 Å². The zero-order valence-electron chi connectivity index (χ0n) is 41.0. The summed E-state index contributed by atoms with van der Waals surface area (Å²) in [6.45, 7) is 17.2. The molecule has 20 heteroatoms. The number of rotatable bonds is 11. The van der Waals surface area contributed by atoms with Crippen molar-refractivity contribution in [2.24, 2.45) is 51.2 Å². The molecule has 26 atom stereocenters. The number of carbonyl (C=O) groups is 2. The molecule has 8 rings (SSSR count). The number of methoxy groups -OCH3 is 1. The molecule has 0 aromatic carbocycles. The molecular formula is C49H78O20. The number of aliphatic hydroxyl groups is 10. The number of carbonyl (C=O) groups excluding carboxylic acids is 2. The van der Waals surface area contributed by atoms with Crippen LogP contribution in [0.1, 0.15) is 99.8 Å². The van der Waals surface area contributed by atoms with Crippen molar-refractivity contribution in [1.82, 2.24) is 0 Å². The molecule has 0 radical (unpaired) electrons. The number of hydrogen-bond acceptors (Lipinski definition) is 20. The summed E-state index contributed by atoms with van der Waals surface area (Å²) in [5.74, 6) is -1.80. The van der Waals surface area contributed by atoms with Gasteiger partial charge in [-0.3, -0.25) is 9.59 Å². The van der Waals surface area contributed by atoms with Crippen LogP contribution in [0.3, 0.4) is 0 Å². The van der Waals surface area contributed by atoms with E-state index in [-0.39, 0.29) is 47.4 Å². The van der Waals surface area contributed by atoms with Crippen LogP contribution in [0.4, 0.5) is 0 Å². The topological polar surface area (TPSA) is 310 Å². The highest BCUT2D eigenvalue weighted by Crippen LogP contribution is 2.78. The lowest BCUT2D eigenvalue weighted by molar-refractivity contribution is -0.361. The van der Waals surface area contributed by atoms with Gasteiger partial charge in [0.1, 0.15) is 67.1 Å². The number of ether oxygens (including phenoxy) is 8. The largest absolute Gasteiger partial charge is 0.469 e. The zero-order valence-corrected chi connectivity index (χ0v) is 41.0. The molecule has 0 aromatic heterocycles. The fourth-order valence-electron chi connectivity index (χ4n) is 15.7. The van der Waals surface area contributed by atoms with Crippen molar-refractivity contribution < 1.29 is 98.5 Å². The smallest absolute Gasteiger partial charge is 0.314 e. The number of esters is 2. The second kappa shape index (κ2) is 19.1. The van der Waals surface area contributed by atoms with Gasteiger partial charge in [-0.25, -0.2) is 0 Å². The van der Waals surface area contributed by atoms with Crippen LogP contribution in [-0.4, -0.2) is 193 Å². The van der Waals surface area contributed by atoms with Crippen LogP contribution in [0, 0.1) is 51.2 Å². The van der Waals surface area contributed by atoms with Crippen molar-refractivity contribution in [2.75, 3.05) is 20.3 Å². The Labute approximate surface area is 403 Å². The zero-order chi connectivity index (χ0) is 50.7. The summed E-state index contributed by atoms with van der Waals surface area (Å²) in [5, 5.41) is 109. The van der Waals surface area contributed by atoms with Crippen LogP contribution in [0.2, 0.25) is 0 Å². The van der Waals surface area contributed by atoms with Crippen LogP contribution in [0.15, 0.2) is 12.2 Å². The van der Waals surface area contributed by atoms with Gasteiger partial charge in [0.2, 0.25) is 6.29 Å². The summed E-state index contributed by atoms with van der Waals surface area (Å²) in [4.78, 5) is 27.9. The Morgan fingerprint density at radius 3 is 2.01 bits per heavy atom. The quantitative estimate of drug-likeness (QED) is 0.0927. The molecule has 8 fully saturated rings. The fourth-order valence-corrected chi connectivity index (χ4v) is 15.7. The Morgan fingerprint density at radius 2 is 1.36 bits per heavy atom. The van der Waals surface area contributed by atoms with Crippen molar-refractivity contribution in [2.45, 2.75) is 210 Å². The van der Waals surface area contributed by atoms with Crippen LogP contribution in [-0.2, 0) is 47.5 Å². The van der Waals surface area contributed by atoms with Gasteiger partial charge in [0.25, 0.3) is 0 Å². The first-order chi connectivity index (χ1) is 32.2. The number of allylic oxidation sites excluding steroid dienone is 1. The molecule has 4 aliphatic carbocycles. The molecule has 0 amide bonds. The fraction of sp³-hybridized carbons (Fsp3) is 0.918. The Balaban J connectivity index is 0.987. The van der Waals surface area contributed by atoms with Gasteiger partial charge in [-0.05, 0) is 113 Å². The maximum atomic E-state index is 15.0. The van der Waals surface area contributed by atoms with E-state index < -0.39 is 145 Å². The van der Waals surface area contributed by atoms with E-state index in [0.717, 1.165) is 18.4 Å². The van der Waals surface area contributed by atoms with Crippen molar-refractivity contribution in [3.05, 3.63) is 12.2 Å². The molecule has 394 valence electrons. The summed E-state index contributed by atoms with van der Waals surface area (Å²) in [7, 11) is 1.37. The predicted molar refractivity (Wildman–Crippen MR) is 237 cm³/mol. The van der Waals surface area contributed by atoms with E-state index in [2.05, 4.69) is 41.2 Å².